The van der Waals surface area contributed by atoms with Crippen LogP contribution in [0.2, 0.25) is 0 Å². The van der Waals surface area contributed by atoms with Gasteiger partial charge in [-0.2, -0.15) is 0 Å². The third-order valence-corrected chi connectivity index (χ3v) is 12.0. The van der Waals surface area contributed by atoms with Crippen molar-refractivity contribution in [2.24, 2.45) is 21.7 Å². The highest BCUT2D eigenvalue weighted by Gasteiger charge is 2.43. The second-order valence-electron chi connectivity index (χ2n) is 20.6. The average Bonchev–Trinajstić information content (AvgIpc) is 3.28. The molecule has 0 aromatic carbocycles. The number of ether oxygens (including phenoxy) is 9. The minimum atomic E-state index is -0.480. The highest BCUT2D eigenvalue weighted by atomic mass is 16.6. The highest BCUT2D eigenvalue weighted by molar-refractivity contribution is 5.75. The van der Waals surface area contributed by atoms with E-state index in [9.17, 15) is 19.2 Å². The first kappa shape index (κ1) is 62.9. The first-order chi connectivity index (χ1) is 33.9. The highest BCUT2D eigenvalue weighted by Crippen LogP contribution is 2.47. The molecule has 4 unspecified atom stereocenters. The van der Waals surface area contributed by atoms with Crippen LogP contribution in [-0.4, -0.2) is 191 Å². The Morgan fingerprint density at radius 1 is 0.437 bits per heavy atom. The number of nitrogens with one attached hydrogen (secondary N) is 4. The summed E-state index contributed by atoms with van der Waals surface area (Å²) in [5.41, 5.74) is -0.451. The Hall–Kier alpha value is -4.24. The van der Waals surface area contributed by atoms with E-state index in [4.69, 9.17) is 42.6 Å². The van der Waals surface area contributed by atoms with Gasteiger partial charge in [-0.25, -0.2) is 19.2 Å². The van der Waals surface area contributed by atoms with Gasteiger partial charge < -0.3 is 73.7 Å². The topological polar surface area (TPSA) is 206 Å². The zero-order valence-corrected chi connectivity index (χ0v) is 44.3. The molecule has 0 bridgehead atoms. The maximum Gasteiger partial charge on any atom is 0.407 e. The molecule has 2 aliphatic rings. The Labute approximate surface area is 425 Å². The van der Waals surface area contributed by atoms with Crippen LogP contribution in [-0.2, 0) is 42.6 Å². The van der Waals surface area contributed by atoms with E-state index in [1.165, 1.54) is 0 Å². The van der Waals surface area contributed by atoms with Gasteiger partial charge in [-0.15, -0.1) is 26.3 Å². The summed E-state index contributed by atoms with van der Waals surface area (Å²) < 4.78 is 49.5. The molecule has 0 aliphatic heterocycles. The quantitative estimate of drug-likeness (QED) is 0.0386. The fourth-order valence-corrected chi connectivity index (χ4v) is 9.87. The van der Waals surface area contributed by atoms with Gasteiger partial charge in [0.25, 0.3) is 0 Å². The molecule has 0 heterocycles. The van der Waals surface area contributed by atoms with E-state index >= 15 is 0 Å². The summed E-state index contributed by atoms with van der Waals surface area (Å²) in [4.78, 5) is 54.0. The lowest BCUT2D eigenvalue weighted by molar-refractivity contribution is -0.0229. The van der Waals surface area contributed by atoms with Crippen LogP contribution >= 0.6 is 0 Å². The van der Waals surface area contributed by atoms with Crippen LogP contribution in [0.5, 0.6) is 0 Å². The molecule has 4 atom stereocenters. The van der Waals surface area contributed by atoms with Crippen molar-refractivity contribution in [3.8, 4) is 0 Å². The predicted octanol–water partition coefficient (Wildman–Crippen LogP) is 6.49. The molecule has 0 radical (unpaired) electrons. The molecule has 0 spiro atoms. The third kappa shape index (κ3) is 29.2. The number of carbonyl (C=O) groups excluding carboxylic acids is 4. The summed E-state index contributed by atoms with van der Waals surface area (Å²) in [6.45, 7) is 36.4. The van der Waals surface area contributed by atoms with Gasteiger partial charge in [-0.05, 0) is 60.2 Å². The van der Waals surface area contributed by atoms with E-state index in [0.29, 0.717) is 119 Å². The van der Waals surface area contributed by atoms with Gasteiger partial charge in [-0.1, -0.05) is 65.8 Å². The summed E-state index contributed by atoms with van der Waals surface area (Å²) in [5.74, 6) is 0. The number of hydrogen-bond acceptors (Lipinski definition) is 13. The van der Waals surface area contributed by atoms with Crippen molar-refractivity contribution in [3.63, 3.8) is 0 Å². The van der Waals surface area contributed by atoms with Crippen LogP contribution in [0.15, 0.2) is 50.6 Å². The van der Waals surface area contributed by atoms with Crippen LogP contribution in [0.25, 0.3) is 0 Å². The molecular weight excluding hydrogens is 917 g/mol. The lowest BCUT2D eigenvalue weighted by Gasteiger charge is -2.47. The average molecular weight is 1010 g/mol. The molecule has 2 fully saturated rings. The standard InChI is InChI=1S/C52H92N6O13/c1-11-15-57(16-12-2)45(59)53-41-51(9)37-43(35-49(5,6)39-51)55-47(61)70-33-31-68-29-27-66-25-23-64-21-19-63-20-22-65-24-26-67-28-30-69-32-34-71-48(62)56-44-36-50(7,8)40-52(10,38-44)42-54-46(60)58(17-13-3)18-14-4/h11-14,43-44H,1-4,15-42H2,5-10H3,(H,53,59)(H,54,60)(H,55,61)(H,56,62). The zero-order chi connectivity index (χ0) is 52.4. The molecule has 19 heteroatoms. The van der Waals surface area contributed by atoms with Crippen LogP contribution in [0, 0.1) is 21.7 Å². The Kier molecular flexibility index (Phi) is 31.0. The lowest BCUT2D eigenvalue weighted by atomic mass is 9.62. The first-order valence-electron chi connectivity index (χ1n) is 25.3. The number of urea groups is 2. The summed E-state index contributed by atoms with van der Waals surface area (Å²) in [7, 11) is 0. The van der Waals surface area contributed by atoms with Gasteiger partial charge in [0, 0.05) is 51.4 Å². The summed E-state index contributed by atoms with van der Waals surface area (Å²) in [5, 5.41) is 12.2. The summed E-state index contributed by atoms with van der Waals surface area (Å²) >= 11 is 0. The molecule has 6 amide bonds. The van der Waals surface area contributed by atoms with E-state index in [1.807, 2.05) is 0 Å². The summed E-state index contributed by atoms with van der Waals surface area (Å²) in [6, 6.07) is -0.485. The minimum Gasteiger partial charge on any atom is -0.447 e. The van der Waals surface area contributed by atoms with Crippen LogP contribution < -0.4 is 21.3 Å². The van der Waals surface area contributed by atoms with Gasteiger partial charge in [-0.3, -0.25) is 0 Å². The number of amides is 6. The largest absolute Gasteiger partial charge is 0.447 e. The molecule has 0 aromatic heterocycles. The van der Waals surface area contributed by atoms with Crippen molar-refractivity contribution in [3.05, 3.63) is 50.6 Å². The number of hydrogen-bond donors (Lipinski definition) is 4. The molecule has 0 saturated heterocycles. The monoisotopic (exact) mass is 1010 g/mol. The van der Waals surface area contributed by atoms with Gasteiger partial charge in [0.2, 0.25) is 0 Å². The van der Waals surface area contributed by atoms with Crippen molar-refractivity contribution >= 4 is 24.2 Å². The molecule has 0 aromatic rings. The normalized spacial score (nSPS) is 21.2. The van der Waals surface area contributed by atoms with E-state index in [0.717, 1.165) is 38.5 Å². The fourth-order valence-electron chi connectivity index (χ4n) is 9.87. The molecule has 4 N–H and O–H groups in total. The number of rotatable bonds is 38. The van der Waals surface area contributed by atoms with Crippen LogP contribution in [0.4, 0.5) is 19.2 Å². The van der Waals surface area contributed by atoms with Crippen molar-refractivity contribution in [2.75, 3.05) is 145 Å². The van der Waals surface area contributed by atoms with Crippen LogP contribution in [0.1, 0.15) is 80.1 Å². The second kappa shape index (κ2) is 35.0. The van der Waals surface area contributed by atoms with E-state index in [2.05, 4.69) is 89.1 Å². The number of nitrogens with zero attached hydrogens (tertiary/aromatic N) is 2. The Bertz CT molecular complexity index is 1450. The zero-order valence-electron chi connectivity index (χ0n) is 44.3. The molecule has 408 valence electrons. The molecule has 19 nitrogen and oxygen atoms in total. The molecule has 2 rings (SSSR count). The van der Waals surface area contributed by atoms with E-state index in [1.54, 1.807) is 34.1 Å². The Morgan fingerprint density at radius 3 is 0.944 bits per heavy atom. The van der Waals surface area contributed by atoms with Gasteiger partial charge >= 0.3 is 24.2 Å². The van der Waals surface area contributed by atoms with E-state index < -0.39 is 12.2 Å². The van der Waals surface area contributed by atoms with Gasteiger partial charge in [0.1, 0.15) is 13.2 Å². The number of carbonyl (C=O) groups is 4. The van der Waals surface area contributed by atoms with Gasteiger partial charge in [0.05, 0.1) is 92.5 Å². The van der Waals surface area contributed by atoms with Gasteiger partial charge in [0.15, 0.2) is 0 Å². The van der Waals surface area contributed by atoms with E-state index in [-0.39, 0.29) is 72.2 Å². The van der Waals surface area contributed by atoms with Crippen LogP contribution in [0.3, 0.4) is 0 Å². The van der Waals surface area contributed by atoms with Crippen molar-refractivity contribution in [1.82, 2.24) is 31.1 Å². The molecule has 2 aliphatic carbocycles. The molecule has 2 saturated carbocycles. The predicted molar refractivity (Wildman–Crippen MR) is 274 cm³/mol. The van der Waals surface area contributed by atoms with Crippen molar-refractivity contribution < 1.29 is 61.8 Å². The third-order valence-electron chi connectivity index (χ3n) is 12.0. The molecular formula is C52H92N6O13. The molecule has 71 heavy (non-hydrogen) atoms. The maximum absolute atomic E-state index is 12.8. The summed E-state index contributed by atoms with van der Waals surface area (Å²) in [6.07, 6.45) is 10.7. The fraction of sp³-hybridized carbons (Fsp3) is 0.769. The van der Waals surface area contributed by atoms with Crippen molar-refractivity contribution in [2.45, 2.75) is 92.2 Å². The second-order valence-corrected chi connectivity index (χ2v) is 20.6. The first-order valence-corrected chi connectivity index (χ1v) is 25.3. The maximum atomic E-state index is 12.8. The SMILES string of the molecule is C=CCN(CC=C)C(=O)NCC1(C)CC(NC(=O)OCCOCCOCCOCCOCCOCCOCCOCCOC(=O)NC2CC(C)(C)CC(C)(CNC(=O)N(CC=C)CC=C)C2)CC(C)(C)C1. The number of alkyl carbamates (subject to hydrolysis) is 2. The lowest BCUT2D eigenvalue weighted by Crippen LogP contribution is -2.52. The minimum absolute atomic E-state index is 0.0253. The Morgan fingerprint density at radius 2 is 0.690 bits per heavy atom. The smallest absolute Gasteiger partial charge is 0.407 e. The van der Waals surface area contributed by atoms with Crippen molar-refractivity contribution in [1.29, 1.82) is 0 Å². The Balaban J connectivity index is 1.37.